The van der Waals surface area contributed by atoms with E-state index < -0.39 is 0 Å². The van der Waals surface area contributed by atoms with Gasteiger partial charge in [0, 0.05) is 0 Å². The van der Waals surface area contributed by atoms with E-state index in [2.05, 4.69) is 5.92 Å². The van der Waals surface area contributed by atoms with Crippen molar-refractivity contribution in [2.24, 2.45) is 0 Å². The Morgan fingerprint density at radius 2 is 1.64 bits per heavy atom. The number of rotatable bonds is 2. The minimum absolute atomic E-state index is 0.179. The summed E-state index contributed by atoms with van der Waals surface area (Å²) >= 11 is 0. The third-order valence-electron chi connectivity index (χ3n) is 3.62. The van der Waals surface area contributed by atoms with Crippen LogP contribution in [0.5, 0.6) is 0 Å². The SMILES string of the molecule is C#CC1(OC2CCCCC2)CCCC1. The van der Waals surface area contributed by atoms with Crippen LogP contribution in [0.2, 0.25) is 0 Å². The molecular formula is C13H20O. The van der Waals surface area contributed by atoms with Crippen LogP contribution < -0.4 is 0 Å². The highest BCUT2D eigenvalue weighted by Crippen LogP contribution is 2.36. The molecule has 0 aromatic heterocycles. The zero-order valence-electron chi connectivity index (χ0n) is 8.93. The third kappa shape index (κ3) is 2.12. The van der Waals surface area contributed by atoms with Gasteiger partial charge in [0.15, 0.2) is 0 Å². The smallest absolute Gasteiger partial charge is 0.128 e. The molecule has 0 N–H and O–H groups in total. The Bertz CT molecular complexity index is 214. The van der Waals surface area contributed by atoms with Gasteiger partial charge in [-0.2, -0.15) is 0 Å². The molecule has 0 unspecified atom stereocenters. The summed E-state index contributed by atoms with van der Waals surface area (Å²) in [5.41, 5.74) is -0.179. The maximum absolute atomic E-state index is 6.15. The van der Waals surface area contributed by atoms with Crippen LogP contribution in [0.25, 0.3) is 0 Å². The summed E-state index contributed by atoms with van der Waals surface area (Å²) < 4.78 is 6.15. The average Bonchev–Trinajstić information content (AvgIpc) is 2.69. The predicted molar refractivity (Wildman–Crippen MR) is 58.0 cm³/mol. The van der Waals surface area contributed by atoms with Gasteiger partial charge in [-0.25, -0.2) is 0 Å². The van der Waals surface area contributed by atoms with Crippen molar-refractivity contribution in [3.63, 3.8) is 0 Å². The monoisotopic (exact) mass is 192 g/mol. The molecule has 0 radical (unpaired) electrons. The quantitative estimate of drug-likeness (QED) is 0.610. The molecule has 14 heavy (non-hydrogen) atoms. The second-order valence-corrected chi connectivity index (χ2v) is 4.72. The van der Waals surface area contributed by atoms with Gasteiger partial charge in [-0.15, -0.1) is 6.42 Å². The third-order valence-corrected chi connectivity index (χ3v) is 3.62. The normalized spacial score (nSPS) is 27.4. The molecule has 2 aliphatic carbocycles. The van der Waals surface area contributed by atoms with Gasteiger partial charge in [0.25, 0.3) is 0 Å². The number of terminal acetylenes is 1. The van der Waals surface area contributed by atoms with Gasteiger partial charge in [-0.1, -0.05) is 25.2 Å². The Morgan fingerprint density at radius 3 is 2.21 bits per heavy atom. The lowest BCUT2D eigenvalue weighted by Gasteiger charge is -2.31. The van der Waals surface area contributed by atoms with Crippen LogP contribution in [0.15, 0.2) is 0 Å². The first-order valence-corrected chi connectivity index (χ1v) is 6.00. The highest BCUT2D eigenvalue weighted by Gasteiger charge is 2.35. The minimum atomic E-state index is -0.179. The summed E-state index contributed by atoms with van der Waals surface area (Å²) in [4.78, 5) is 0. The van der Waals surface area contributed by atoms with E-state index in [-0.39, 0.29) is 5.60 Å². The maximum Gasteiger partial charge on any atom is 0.128 e. The number of hydrogen-bond donors (Lipinski definition) is 0. The van der Waals surface area contributed by atoms with E-state index in [0.29, 0.717) is 6.10 Å². The van der Waals surface area contributed by atoms with Crippen LogP contribution in [0, 0.1) is 12.3 Å². The molecular weight excluding hydrogens is 172 g/mol. The number of ether oxygens (including phenoxy) is 1. The number of hydrogen-bond acceptors (Lipinski definition) is 1. The van der Waals surface area contributed by atoms with E-state index in [1.807, 2.05) is 0 Å². The summed E-state index contributed by atoms with van der Waals surface area (Å²) in [6.07, 6.45) is 17.2. The molecule has 0 aromatic carbocycles. The highest BCUT2D eigenvalue weighted by molar-refractivity contribution is 5.11. The molecule has 2 rings (SSSR count). The lowest BCUT2D eigenvalue weighted by atomic mass is 9.95. The molecule has 0 amide bonds. The molecule has 0 spiro atoms. The largest absolute Gasteiger partial charge is 0.359 e. The molecule has 0 aromatic rings. The highest BCUT2D eigenvalue weighted by atomic mass is 16.5. The van der Waals surface area contributed by atoms with Crippen molar-refractivity contribution in [1.82, 2.24) is 0 Å². The Hall–Kier alpha value is -0.480. The van der Waals surface area contributed by atoms with Crippen LogP contribution >= 0.6 is 0 Å². The fourth-order valence-corrected chi connectivity index (χ4v) is 2.74. The molecule has 2 saturated carbocycles. The second-order valence-electron chi connectivity index (χ2n) is 4.72. The molecule has 0 heterocycles. The van der Waals surface area contributed by atoms with Gasteiger partial charge in [0.1, 0.15) is 5.60 Å². The van der Waals surface area contributed by atoms with E-state index in [0.717, 1.165) is 12.8 Å². The van der Waals surface area contributed by atoms with Crippen LogP contribution in [0.1, 0.15) is 57.8 Å². The summed E-state index contributed by atoms with van der Waals surface area (Å²) in [6.45, 7) is 0. The summed E-state index contributed by atoms with van der Waals surface area (Å²) in [5.74, 6) is 2.90. The fourth-order valence-electron chi connectivity index (χ4n) is 2.74. The predicted octanol–water partition coefficient (Wildman–Crippen LogP) is 3.28. The second kappa shape index (κ2) is 4.36. The van der Waals surface area contributed by atoms with Gasteiger partial charge < -0.3 is 4.74 Å². The molecule has 0 saturated heterocycles. The molecule has 1 heteroatoms. The first-order chi connectivity index (χ1) is 6.85. The summed E-state index contributed by atoms with van der Waals surface area (Å²) in [6, 6.07) is 0. The molecule has 0 aliphatic heterocycles. The summed E-state index contributed by atoms with van der Waals surface area (Å²) in [7, 11) is 0. The molecule has 78 valence electrons. The van der Waals surface area contributed by atoms with E-state index in [1.54, 1.807) is 0 Å². The lowest BCUT2D eigenvalue weighted by molar-refractivity contribution is -0.0670. The minimum Gasteiger partial charge on any atom is -0.359 e. The first-order valence-electron chi connectivity index (χ1n) is 6.00. The van der Waals surface area contributed by atoms with Gasteiger partial charge >= 0.3 is 0 Å². The van der Waals surface area contributed by atoms with Gasteiger partial charge in [-0.05, 0) is 38.5 Å². The molecule has 2 aliphatic rings. The van der Waals surface area contributed by atoms with Crippen LogP contribution in [-0.4, -0.2) is 11.7 Å². The van der Waals surface area contributed by atoms with Crippen molar-refractivity contribution < 1.29 is 4.74 Å². The molecule has 2 fully saturated rings. The molecule has 0 bridgehead atoms. The Kier molecular flexibility index (Phi) is 3.13. The van der Waals surface area contributed by atoms with Crippen molar-refractivity contribution in [2.45, 2.75) is 69.5 Å². The first kappa shape index (κ1) is 10.1. The fraction of sp³-hybridized carbons (Fsp3) is 0.846. The van der Waals surface area contributed by atoms with Crippen molar-refractivity contribution >= 4 is 0 Å². The van der Waals surface area contributed by atoms with E-state index in [9.17, 15) is 0 Å². The Labute approximate surface area is 87.2 Å². The molecule has 1 nitrogen and oxygen atoms in total. The standard InChI is InChI=1S/C13H20O/c1-2-13(10-6-7-11-13)14-12-8-4-3-5-9-12/h1,12H,3-11H2. The van der Waals surface area contributed by atoms with Crippen LogP contribution in [-0.2, 0) is 4.74 Å². The van der Waals surface area contributed by atoms with E-state index in [4.69, 9.17) is 11.2 Å². The topological polar surface area (TPSA) is 9.23 Å². The van der Waals surface area contributed by atoms with Crippen LogP contribution in [0.3, 0.4) is 0 Å². The van der Waals surface area contributed by atoms with Gasteiger partial charge in [-0.3, -0.25) is 0 Å². The van der Waals surface area contributed by atoms with Crippen molar-refractivity contribution in [1.29, 1.82) is 0 Å². The lowest BCUT2D eigenvalue weighted by Crippen LogP contribution is -2.33. The zero-order chi connectivity index (χ0) is 9.86. The van der Waals surface area contributed by atoms with E-state index >= 15 is 0 Å². The van der Waals surface area contributed by atoms with Crippen molar-refractivity contribution in [3.05, 3.63) is 0 Å². The zero-order valence-corrected chi connectivity index (χ0v) is 8.93. The van der Waals surface area contributed by atoms with Crippen molar-refractivity contribution in [2.75, 3.05) is 0 Å². The van der Waals surface area contributed by atoms with Crippen molar-refractivity contribution in [3.8, 4) is 12.3 Å². The van der Waals surface area contributed by atoms with Crippen LogP contribution in [0.4, 0.5) is 0 Å². The van der Waals surface area contributed by atoms with Gasteiger partial charge in [0.2, 0.25) is 0 Å². The maximum atomic E-state index is 6.15. The Balaban J connectivity index is 1.90. The average molecular weight is 192 g/mol. The molecule has 0 atom stereocenters. The van der Waals surface area contributed by atoms with Gasteiger partial charge in [0.05, 0.1) is 6.10 Å². The summed E-state index contributed by atoms with van der Waals surface area (Å²) in [5, 5.41) is 0. The Morgan fingerprint density at radius 1 is 1.00 bits per heavy atom. The van der Waals surface area contributed by atoms with E-state index in [1.165, 1.54) is 44.9 Å².